The molecule has 1 aromatic heterocycles. The summed E-state index contributed by atoms with van der Waals surface area (Å²) in [5, 5.41) is 1.20. The number of hydrogen-bond acceptors (Lipinski definition) is 2. The molecule has 0 atom stereocenters. The van der Waals surface area contributed by atoms with Crippen molar-refractivity contribution in [2.24, 2.45) is 5.41 Å². The summed E-state index contributed by atoms with van der Waals surface area (Å²) in [4.78, 5) is 2.38. The Hall–Kier alpha value is -1.44. The molecule has 1 aromatic carbocycles. The lowest BCUT2D eigenvalue weighted by molar-refractivity contribution is 0.286. The minimum absolute atomic E-state index is 0.400. The lowest BCUT2D eigenvalue weighted by Gasteiger charge is -2.37. The van der Waals surface area contributed by atoms with Gasteiger partial charge in [0.25, 0.3) is 0 Å². The first-order valence-corrected chi connectivity index (χ1v) is 6.38. The van der Waals surface area contributed by atoms with Crippen LogP contribution in [0.15, 0.2) is 34.7 Å². The van der Waals surface area contributed by atoms with Crippen molar-refractivity contribution in [2.75, 3.05) is 18.0 Å². The third-order valence-corrected chi connectivity index (χ3v) is 3.62. The van der Waals surface area contributed by atoms with Crippen LogP contribution in [0.1, 0.15) is 26.7 Å². The van der Waals surface area contributed by atoms with Crippen LogP contribution in [0.2, 0.25) is 0 Å². The van der Waals surface area contributed by atoms with Crippen LogP contribution in [0, 0.1) is 5.41 Å². The van der Waals surface area contributed by atoms with Crippen LogP contribution in [-0.4, -0.2) is 13.1 Å². The quantitative estimate of drug-likeness (QED) is 0.733. The molecule has 17 heavy (non-hydrogen) atoms. The third kappa shape index (κ3) is 2.04. The van der Waals surface area contributed by atoms with Gasteiger partial charge in [0.15, 0.2) is 5.88 Å². The molecule has 90 valence electrons. The van der Waals surface area contributed by atoms with Gasteiger partial charge in [-0.05, 0) is 24.3 Å². The van der Waals surface area contributed by atoms with Crippen molar-refractivity contribution < 1.29 is 4.42 Å². The van der Waals surface area contributed by atoms with Crippen molar-refractivity contribution in [3.63, 3.8) is 0 Å². The summed E-state index contributed by atoms with van der Waals surface area (Å²) < 4.78 is 5.93. The number of benzene rings is 1. The van der Waals surface area contributed by atoms with Gasteiger partial charge in [0.2, 0.25) is 0 Å². The lowest BCUT2D eigenvalue weighted by Crippen LogP contribution is -2.39. The minimum atomic E-state index is 0.400. The maximum absolute atomic E-state index is 5.93. The minimum Gasteiger partial charge on any atom is -0.441 e. The molecule has 1 saturated heterocycles. The molecule has 0 unspecified atom stereocenters. The zero-order valence-electron chi connectivity index (χ0n) is 10.6. The van der Waals surface area contributed by atoms with Crippen molar-refractivity contribution in [1.29, 1.82) is 0 Å². The average Bonchev–Trinajstić information content (AvgIpc) is 2.71. The van der Waals surface area contributed by atoms with E-state index >= 15 is 0 Å². The Bertz CT molecular complexity index is 493. The van der Waals surface area contributed by atoms with E-state index in [-0.39, 0.29) is 0 Å². The standard InChI is InChI=1S/C15H19NO/c1-15(2)8-5-9-16(11-15)14-10-12-6-3-4-7-13(12)17-14/h3-4,6-7,10H,5,8-9,11H2,1-2H3. The summed E-state index contributed by atoms with van der Waals surface area (Å²) >= 11 is 0. The smallest absolute Gasteiger partial charge is 0.196 e. The van der Waals surface area contributed by atoms with E-state index in [2.05, 4.69) is 36.9 Å². The second-order valence-electron chi connectivity index (χ2n) is 5.81. The zero-order valence-corrected chi connectivity index (χ0v) is 10.6. The summed E-state index contributed by atoms with van der Waals surface area (Å²) in [6, 6.07) is 10.4. The Labute approximate surface area is 102 Å². The molecule has 0 radical (unpaired) electrons. The van der Waals surface area contributed by atoms with Crippen LogP contribution in [-0.2, 0) is 0 Å². The highest BCUT2D eigenvalue weighted by Crippen LogP contribution is 2.34. The van der Waals surface area contributed by atoms with E-state index in [4.69, 9.17) is 4.42 Å². The lowest BCUT2D eigenvalue weighted by atomic mass is 9.84. The number of anilines is 1. The Morgan fingerprint density at radius 3 is 2.82 bits per heavy atom. The van der Waals surface area contributed by atoms with Gasteiger partial charge < -0.3 is 9.32 Å². The fourth-order valence-electron chi connectivity index (χ4n) is 2.74. The number of piperidine rings is 1. The molecule has 0 amide bonds. The van der Waals surface area contributed by atoms with Crippen LogP contribution in [0.5, 0.6) is 0 Å². The van der Waals surface area contributed by atoms with Gasteiger partial charge in [0.1, 0.15) is 5.58 Å². The maximum Gasteiger partial charge on any atom is 0.196 e. The van der Waals surface area contributed by atoms with E-state index in [1.54, 1.807) is 0 Å². The molecule has 1 aliphatic heterocycles. The van der Waals surface area contributed by atoms with Gasteiger partial charge in [0.05, 0.1) is 0 Å². The van der Waals surface area contributed by atoms with Crippen molar-refractivity contribution >= 4 is 16.9 Å². The van der Waals surface area contributed by atoms with Gasteiger partial charge in [-0.2, -0.15) is 0 Å². The summed E-state index contributed by atoms with van der Waals surface area (Å²) in [5.74, 6) is 1.03. The first-order chi connectivity index (χ1) is 8.14. The third-order valence-electron chi connectivity index (χ3n) is 3.62. The van der Waals surface area contributed by atoms with Crippen molar-refractivity contribution in [3.8, 4) is 0 Å². The molecule has 0 spiro atoms. The van der Waals surface area contributed by atoms with Gasteiger partial charge in [-0.3, -0.25) is 0 Å². The fourth-order valence-corrected chi connectivity index (χ4v) is 2.74. The highest BCUT2D eigenvalue weighted by atomic mass is 16.4. The van der Waals surface area contributed by atoms with Gasteiger partial charge >= 0.3 is 0 Å². The largest absolute Gasteiger partial charge is 0.441 e. The molecule has 1 fully saturated rings. The second-order valence-corrected chi connectivity index (χ2v) is 5.81. The Balaban J connectivity index is 1.93. The number of fused-ring (bicyclic) bond motifs is 1. The summed E-state index contributed by atoms with van der Waals surface area (Å²) in [7, 11) is 0. The molecule has 2 aromatic rings. The highest BCUT2D eigenvalue weighted by molar-refractivity contribution is 5.80. The van der Waals surface area contributed by atoms with Crippen LogP contribution in [0.25, 0.3) is 11.0 Å². The van der Waals surface area contributed by atoms with Crippen LogP contribution in [0.4, 0.5) is 5.88 Å². The Morgan fingerprint density at radius 1 is 1.24 bits per heavy atom. The molecule has 2 nitrogen and oxygen atoms in total. The second kappa shape index (κ2) is 3.80. The predicted octanol–water partition coefficient (Wildman–Crippen LogP) is 4.06. The van der Waals surface area contributed by atoms with Crippen molar-refractivity contribution in [3.05, 3.63) is 30.3 Å². The normalized spacial score (nSPS) is 19.8. The molecule has 0 aliphatic carbocycles. The van der Waals surface area contributed by atoms with E-state index in [9.17, 15) is 0 Å². The van der Waals surface area contributed by atoms with Gasteiger partial charge in [0, 0.05) is 24.5 Å². The monoisotopic (exact) mass is 229 g/mol. The molecule has 0 bridgehead atoms. The summed E-state index contributed by atoms with van der Waals surface area (Å²) in [6.07, 6.45) is 2.56. The maximum atomic E-state index is 5.93. The molecule has 2 heteroatoms. The highest BCUT2D eigenvalue weighted by Gasteiger charge is 2.27. The first-order valence-electron chi connectivity index (χ1n) is 6.38. The first kappa shape index (κ1) is 10.7. The molecule has 3 rings (SSSR count). The average molecular weight is 229 g/mol. The molecule has 1 aliphatic rings. The molecule has 0 saturated carbocycles. The van der Waals surface area contributed by atoms with E-state index < -0.39 is 0 Å². The number of rotatable bonds is 1. The van der Waals surface area contributed by atoms with Crippen LogP contribution >= 0.6 is 0 Å². The van der Waals surface area contributed by atoms with E-state index in [1.807, 2.05) is 12.1 Å². The van der Waals surface area contributed by atoms with Gasteiger partial charge in [-0.1, -0.05) is 32.0 Å². The summed E-state index contributed by atoms with van der Waals surface area (Å²) in [6.45, 7) is 6.87. The number of nitrogens with zero attached hydrogens (tertiary/aromatic N) is 1. The SMILES string of the molecule is CC1(C)CCCN(c2cc3ccccc3o2)C1. The molecular formula is C15H19NO. The number of para-hydroxylation sites is 1. The topological polar surface area (TPSA) is 16.4 Å². The van der Waals surface area contributed by atoms with E-state index in [0.29, 0.717) is 5.41 Å². The summed E-state index contributed by atoms with van der Waals surface area (Å²) in [5.41, 5.74) is 1.39. The fraction of sp³-hybridized carbons (Fsp3) is 0.467. The number of hydrogen-bond donors (Lipinski definition) is 0. The number of furan rings is 1. The van der Waals surface area contributed by atoms with E-state index in [1.165, 1.54) is 18.2 Å². The van der Waals surface area contributed by atoms with Gasteiger partial charge in [-0.25, -0.2) is 0 Å². The predicted molar refractivity (Wildman–Crippen MR) is 71.4 cm³/mol. The molecule has 2 heterocycles. The van der Waals surface area contributed by atoms with Crippen molar-refractivity contribution in [2.45, 2.75) is 26.7 Å². The van der Waals surface area contributed by atoms with E-state index in [0.717, 1.165) is 24.6 Å². The zero-order chi connectivity index (χ0) is 11.9. The Kier molecular flexibility index (Phi) is 2.39. The van der Waals surface area contributed by atoms with Gasteiger partial charge in [-0.15, -0.1) is 0 Å². The Morgan fingerprint density at radius 2 is 2.06 bits per heavy atom. The molecule has 0 N–H and O–H groups in total. The van der Waals surface area contributed by atoms with Crippen LogP contribution < -0.4 is 4.90 Å². The van der Waals surface area contributed by atoms with Crippen molar-refractivity contribution in [1.82, 2.24) is 0 Å². The molecular weight excluding hydrogens is 210 g/mol. The van der Waals surface area contributed by atoms with Crippen LogP contribution in [0.3, 0.4) is 0 Å².